The van der Waals surface area contributed by atoms with Crippen LogP contribution < -0.4 is 0 Å². The highest BCUT2D eigenvalue weighted by molar-refractivity contribution is 7.99. The Bertz CT molecular complexity index is 263. The molecule has 0 aromatic heterocycles. The van der Waals surface area contributed by atoms with Crippen molar-refractivity contribution in [2.45, 2.75) is 45.5 Å². The smallest absolute Gasteiger partial charge is 0.407 e. The normalized spacial score (nSPS) is 14.5. The Morgan fingerprint density at radius 2 is 1.82 bits per heavy atom. The van der Waals surface area contributed by atoms with Crippen molar-refractivity contribution in [1.82, 2.24) is 4.90 Å². The number of carboxylic acid groups (broad SMARTS) is 1. The molecule has 7 heteroatoms. The van der Waals surface area contributed by atoms with E-state index in [1.165, 1.54) is 4.90 Å². The number of rotatable bonds is 4. The zero-order chi connectivity index (χ0) is 13.9. The third-order valence-corrected chi connectivity index (χ3v) is 3.24. The van der Waals surface area contributed by atoms with Crippen LogP contribution in [0.1, 0.15) is 27.7 Å². The highest BCUT2D eigenvalue weighted by Crippen LogP contribution is 2.24. The number of halogens is 3. The second-order valence-electron chi connectivity index (χ2n) is 4.80. The summed E-state index contributed by atoms with van der Waals surface area (Å²) in [4.78, 5) is 12.2. The molecule has 0 aromatic carbocycles. The minimum atomic E-state index is -4.21. The first-order valence-corrected chi connectivity index (χ1v) is 6.27. The molecular weight excluding hydrogens is 255 g/mol. The number of hydrogen-bond donors (Lipinski definition) is 1. The third-order valence-electron chi connectivity index (χ3n) is 1.99. The van der Waals surface area contributed by atoms with Crippen molar-refractivity contribution < 1.29 is 23.1 Å². The number of hydrogen-bond acceptors (Lipinski definition) is 2. The number of amides is 1. The van der Waals surface area contributed by atoms with Gasteiger partial charge in [0.25, 0.3) is 0 Å². The predicted octanol–water partition coefficient (Wildman–Crippen LogP) is 3.45. The summed E-state index contributed by atoms with van der Waals surface area (Å²) in [7, 11) is 0. The third kappa shape index (κ3) is 6.65. The maximum Gasteiger partial charge on any atom is 0.407 e. The molecular formula is C10H18F3NO2S. The Balaban J connectivity index is 4.36. The second kappa shape index (κ2) is 5.84. The van der Waals surface area contributed by atoms with Gasteiger partial charge in [-0.2, -0.15) is 24.9 Å². The lowest BCUT2D eigenvalue weighted by Crippen LogP contribution is -2.51. The molecule has 0 rings (SSSR count). The van der Waals surface area contributed by atoms with Crippen LogP contribution in [-0.2, 0) is 0 Å². The molecule has 0 aliphatic heterocycles. The number of carbonyl (C=O) groups is 1. The Hall–Kier alpha value is -0.590. The van der Waals surface area contributed by atoms with Crippen molar-refractivity contribution in [3.8, 4) is 0 Å². The summed E-state index contributed by atoms with van der Waals surface area (Å²) in [5, 5.41) is 9.03. The SMILES string of the molecule is CC(CSCC(F)(F)F)N(C(=O)O)C(C)(C)C. The summed E-state index contributed by atoms with van der Waals surface area (Å²) in [6, 6.07) is -0.458. The standard InChI is InChI=1S/C10H18F3NO2S/c1-7(5-17-6-10(11,12)13)14(8(15)16)9(2,3)4/h7H,5-6H2,1-4H3,(H,15,16). The molecule has 1 N–H and O–H groups in total. The van der Waals surface area contributed by atoms with Gasteiger partial charge in [-0.05, 0) is 27.7 Å². The van der Waals surface area contributed by atoms with Crippen molar-refractivity contribution in [2.75, 3.05) is 11.5 Å². The lowest BCUT2D eigenvalue weighted by atomic mass is 10.0. The van der Waals surface area contributed by atoms with Crippen LogP contribution in [0.5, 0.6) is 0 Å². The van der Waals surface area contributed by atoms with E-state index in [2.05, 4.69) is 0 Å². The Labute approximate surface area is 103 Å². The first-order valence-electron chi connectivity index (χ1n) is 5.12. The predicted molar refractivity (Wildman–Crippen MR) is 62.5 cm³/mol. The Kier molecular flexibility index (Phi) is 5.64. The van der Waals surface area contributed by atoms with E-state index in [0.717, 1.165) is 0 Å². The van der Waals surface area contributed by atoms with E-state index in [-0.39, 0.29) is 5.75 Å². The van der Waals surface area contributed by atoms with E-state index >= 15 is 0 Å². The van der Waals surface area contributed by atoms with Gasteiger partial charge >= 0.3 is 12.3 Å². The van der Waals surface area contributed by atoms with Crippen molar-refractivity contribution in [3.63, 3.8) is 0 Å². The van der Waals surface area contributed by atoms with Gasteiger partial charge in [-0.25, -0.2) is 4.79 Å². The van der Waals surface area contributed by atoms with E-state index in [1.54, 1.807) is 27.7 Å². The lowest BCUT2D eigenvalue weighted by molar-refractivity contribution is -0.105. The average molecular weight is 273 g/mol. The zero-order valence-corrected chi connectivity index (χ0v) is 11.2. The number of nitrogens with zero attached hydrogens (tertiary/aromatic N) is 1. The second-order valence-corrected chi connectivity index (χ2v) is 5.83. The lowest BCUT2D eigenvalue weighted by Gasteiger charge is -2.38. The maximum atomic E-state index is 11.9. The van der Waals surface area contributed by atoms with Crippen LogP contribution in [0.15, 0.2) is 0 Å². The van der Waals surface area contributed by atoms with E-state index in [9.17, 15) is 18.0 Å². The molecule has 0 radical (unpaired) electrons. The molecule has 0 aliphatic carbocycles. The van der Waals surface area contributed by atoms with E-state index in [0.29, 0.717) is 11.8 Å². The van der Waals surface area contributed by atoms with Crippen LogP contribution in [0, 0.1) is 0 Å². The average Bonchev–Trinajstić information content (AvgIpc) is 1.96. The molecule has 3 nitrogen and oxygen atoms in total. The molecule has 17 heavy (non-hydrogen) atoms. The molecule has 0 saturated heterocycles. The molecule has 1 unspecified atom stereocenters. The molecule has 102 valence electrons. The quantitative estimate of drug-likeness (QED) is 0.853. The van der Waals surface area contributed by atoms with E-state index < -0.39 is 29.6 Å². The van der Waals surface area contributed by atoms with Gasteiger partial charge < -0.3 is 5.11 Å². The van der Waals surface area contributed by atoms with Crippen molar-refractivity contribution >= 4 is 17.9 Å². The highest BCUT2D eigenvalue weighted by atomic mass is 32.2. The fourth-order valence-corrected chi connectivity index (χ4v) is 2.40. The summed E-state index contributed by atoms with van der Waals surface area (Å²) >= 11 is 0.700. The molecule has 0 aromatic rings. The van der Waals surface area contributed by atoms with Gasteiger partial charge in [-0.15, -0.1) is 0 Å². The summed E-state index contributed by atoms with van der Waals surface area (Å²) in [6.07, 6.45) is -5.32. The van der Waals surface area contributed by atoms with Crippen LogP contribution in [0.2, 0.25) is 0 Å². The molecule has 0 fully saturated rings. The monoisotopic (exact) mass is 273 g/mol. The van der Waals surface area contributed by atoms with Crippen LogP contribution in [0.25, 0.3) is 0 Å². The summed E-state index contributed by atoms with van der Waals surface area (Å²) in [5.41, 5.74) is -0.621. The Morgan fingerprint density at radius 1 is 1.35 bits per heavy atom. The number of alkyl halides is 3. The molecule has 0 spiro atoms. The summed E-state index contributed by atoms with van der Waals surface area (Å²) in [6.45, 7) is 6.76. The van der Waals surface area contributed by atoms with Gasteiger partial charge in [-0.3, -0.25) is 4.90 Å². The van der Waals surface area contributed by atoms with Crippen LogP contribution in [-0.4, -0.2) is 45.4 Å². The van der Waals surface area contributed by atoms with Crippen LogP contribution in [0.4, 0.5) is 18.0 Å². The van der Waals surface area contributed by atoms with Gasteiger partial charge in [0, 0.05) is 17.3 Å². The fraction of sp³-hybridized carbons (Fsp3) is 0.900. The van der Waals surface area contributed by atoms with Crippen molar-refractivity contribution in [3.05, 3.63) is 0 Å². The largest absolute Gasteiger partial charge is 0.465 e. The van der Waals surface area contributed by atoms with E-state index in [1.807, 2.05) is 0 Å². The fourth-order valence-electron chi connectivity index (χ4n) is 1.56. The summed E-state index contributed by atoms with van der Waals surface area (Å²) < 4.78 is 35.8. The molecule has 0 heterocycles. The highest BCUT2D eigenvalue weighted by Gasteiger charge is 2.32. The first kappa shape index (κ1) is 16.4. The van der Waals surface area contributed by atoms with Gasteiger partial charge in [-0.1, -0.05) is 0 Å². The van der Waals surface area contributed by atoms with Crippen molar-refractivity contribution in [2.24, 2.45) is 0 Å². The van der Waals surface area contributed by atoms with Crippen molar-refractivity contribution in [1.29, 1.82) is 0 Å². The summed E-state index contributed by atoms with van der Waals surface area (Å²) in [5.74, 6) is -0.821. The topological polar surface area (TPSA) is 40.5 Å². The van der Waals surface area contributed by atoms with Gasteiger partial charge in [0.2, 0.25) is 0 Å². The zero-order valence-electron chi connectivity index (χ0n) is 10.3. The van der Waals surface area contributed by atoms with Crippen LogP contribution in [0.3, 0.4) is 0 Å². The molecule has 1 atom stereocenters. The Morgan fingerprint density at radius 3 is 2.12 bits per heavy atom. The molecule has 0 bridgehead atoms. The number of thioether (sulfide) groups is 1. The van der Waals surface area contributed by atoms with Crippen LogP contribution >= 0.6 is 11.8 Å². The van der Waals surface area contributed by atoms with E-state index in [4.69, 9.17) is 5.11 Å². The molecule has 0 aliphatic rings. The molecule has 0 saturated carbocycles. The minimum Gasteiger partial charge on any atom is -0.465 e. The van der Waals surface area contributed by atoms with Gasteiger partial charge in [0.1, 0.15) is 0 Å². The van der Waals surface area contributed by atoms with Gasteiger partial charge in [0.05, 0.1) is 5.75 Å². The minimum absolute atomic E-state index is 0.128. The molecule has 1 amide bonds. The maximum absolute atomic E-state index is 11.9. The first-order chi connectivity index (χ1) is 7.45. The van der Waals surface area contributed by atoms with Gasteiger partial charge in [0.15, 0.2) is 0 Å².